The highest BCUT2D eigenvalue weighted by molar-refractivity contribution is 5.83. The molecule has 0 bridgehead atoms. The molecule has 0 aromatic heterocycles. The van der Waals surface area contributed by atoms with E-state index in [9.17, 15) is 9.59 Å². The van der Waals surface area contributed by atoms with Gasteiger partial charge in [-0.05, 0) is 23.7 Å². The quantitative estimate of drug-likeness (QED) is 0.805. The number of carbonyl (C=O) groups excluding carboxylic acids is 1. The zero-order valence-electron chi connectivity index (χ0n) is 11.9. The zero-order valence-corrected chi connectivity index (χ0v) is 11.9. The molecule has 0 saturated heterocycles. The average Bonchev–Trinajstić information content (AvgIpc) is 2.87. The van der Waals surface area contributed by atoms with E-state index in [1.54, 1.807) is 32.7 Å². The van der Waals surface area contributed by atoms with Gasteiger partial charge < -0.3 is 15.3 Å². The molecule has 3 atom stereocenters. The van der Waals surface area contributed by atoms with Crippen LogP contribution in [0.15, 0.2) is 0 Å². The van der Waals surface area contributed by atoms with Crippen molar-refractivity contribution in [3.8, 4) is 0 Å². The summed E-state index contributed by atoms with van der Waals surface area (Å²) in [6.07, 6.45) is 1.15. The fourth-order valence-electron chi connectivity index (χ4n) is 1.97. The Hall–Kier alpha value is -1.26. The van der Waals surface area contributed by atoms with Crippen molar-refractivity contribution in [1.29, 1.82) is 0 Å². The van der Waals surface area contributed by atoms with Crippen LogP contribution in [0.25, 0.3) is 0 Å². The molecule has 2 N–H and O–H groups in total. The minimum Gasteiger partial charge on any atom is -0.480 e. The number of nitrogens with zero attached hydrogens (tertiary/aromatic N) is 1. The third-order valence-electron chi connectivity index (χ3n) is 3.51. The number of hydrogen-bond donors (Lipinski definition) is 2. The summed E-state index contributed by atoms with van der Waals surface area (Å²) in [5.41, 5.74) is -0.505. The smallest absolute Gasteiger partial charge is 0.326 e. The summed E-state index contributed by atoms with van der Waals surface area (Å²) < 4.78 is 0. The van der Waals surface area contributed by atoms with Crippen LogP contribution in [0.5, 0.6) is 0 Å². The van der Waals surface area contributed by atoms with Crippen LogP contribution in [-0.4, -0.2) is 41.6 Å². The minimum atomic E-state index is -0.996. The molecule has 0 heterocycles. The van der Waals surface area contributed by atoms with Gasteiger partial charge in [0.15, 0.2) is 0 Å². The molecule has 0 aromatic rings. The molecule has 5 heteroatoms. The molecule has 0 radical (unpaired) electrons. The highest BCUT2D eigenvalue weighted by Crippen LogP contribution is 2.37. The SMILES string of the molecule is CC1CC1CN(C)C(=O)N[C@@H](C(=O)O)C(C)(C)C. The van der Waals surface area contributed by atoms with Crippen LogP contribution in [0.2, 0.25) is 0 Å². The number of amides is 2. The molecule has 0 aliphatic heterocycles. The van der Waals surface area contributed by atoms with Crippen LogP contribution in [0.3, 0.4) is 0 Å². The first kappa shape index (κ1) is 14.8. The highest BCUT2D eigenvalue weighted by atomic mass is 16.4. The van der Waals surface area contributed by atoms with Crippen LogP contribution in [-0.2, 0) is 4.79 Å². The molecule has 5 nitrogen and oxygen atoms in total. The second-order valence-electron chi connectivity index (χ2n) is 6.44. The van der Waals surface area contributed by atoms with Gasteiger partial charge in [-0.2, -0.15) is 0 Å². The Kier molecular flexibility index (Phi) is 4.24. The number of carboxylic acids is 1. The van der Waals surface area contributed by atoms with Gasteiger partial charge in [0.25, 0.3) is 0 Å². The van der Waals surface area contributed by atoms with Gasteiger partial charge in [0.05, 0.1) is 0 Å². The van der Waals surface area contributed by atoms with Crippen molar-refractivity contribution in [2.24, 2.45) is 17.3 Å². The second-order valence-corrected chi connectivity index (χ2v) is 6.44. The van der Waals surface area contributed by atoms with Gasteiger partial charge in [-0.15, -0.1) is 0 Å². The standard InChI is InChI=1S/C13H24N2O3/c1-8-6-9(8)7-15(5)12(18)14-10(11(16)17)13(2,3)4/h8-10H,6-7H2,1-5H3,(H,14,18)(H,16,17)/t8?,9?,10-/m0/s1. The number of nitrogens with one attached hydrogen (secondary N) is 1. The lowest BCUT2D eigenvalue weighted by Gasteiger charge is -2.29. The molecule has 0 spiro atoms. The summed E-state index contributed by atoms with van der Waals surface area (Å²) >= 11 is 0. The second kappa shape index (κ2) is 5.16. The molecule has 104 valence electrons. The maximum Gasteiger partial charge on any atom is 0.326 e. The summed E-state index contributed by atoms with van der Waals surface area (Å²) in [5.74, 6) is 0.251. The van der Waals surface area contributed by atoms with Crippen LogP contribution in [0, 0.1) is 17.3 Å². The van der Waals surface area contributed by atoms with E-state index in [4.69, 9.17) is 5.11 Å². The van der Waals surface area contributed by atoms with Crippen LogP contribution >= 0.6 is 0 Å². The van der Waals surface area contributed by atoms with Crippen molar-refractivity contribution in [2.45, 2.75) is 40.2 Å². The molecule has 0 aromatic carbocycles. The fraction of sp³-hybridized carbons (Fsp3) is 0.846. The van der Waals surface area contributed by atoms with Crippen molar-refractivity contribution in [3.63, 3.8) is 0 Å². The van der Waals surface area contributed by atoms with Crippen molar-refractivity contribution in [2.75, 3.05) is 13.6 Å². The fourth-order valence-corrected chi connectivity index (χ4v) is 1.97. The van der Waals surface area contributed by atoms with Gasteiger partial charge in [0.1, 0.15) is 6.04 Å². The van der Waals surface area contributed by atoms with Crippen molar-refractivity contribution < 1.29 is 14.7 Å². The molecular weight excluding hydrogens is 232 g/mol. The number of rotatable bonds is 4. The van der Waals surface area contributed by atoms with Crippen LogP contribution in [0.4, 0.5) is 4.79 Å². The molecule has 1 rings (SSSR count). The Balaban J connectivity index is 2.53. The van der Waals surface area contributed by atoms with Gasteiger partial charge in [-0.25, -0.2) is 9.59 Å². The average molecular weight is 256 g/mol. The number of urea groups is 1. The summed E-state index contributed by atoms with van der Waals surface area (Å²) in [6.45, 7) is 8.26. The number of carboxylic acid groups (broad SMARTS) is 1. The normalized spacial score (nSPS) is 24.3. The zero-order chi connectivity index (χ0) is 14.1. The summed E-state index contributed by atoms with van der Waals surface area (Å²) in [7, 11) is 1.71. The Labute approximate surface area is 109 Å². The largest absolute Gasteiger partial charge is 0.480 e. The van der Waals surface area contributed by atoms with E-state index in [2.05, 4.69) is 12.2 Å². The molecule has 1 aliphatic carbocycles. The van der Waals surface area contributed by atoms with E-state index < -0.39 is 17.4 Å². The molecule has 2 amide bonds. The first-order chi connectivity index (χ1) is 8.12. The van der Waals surface area contributed by atoms with Gasteiger partial charge in [-0.1, -0.05) is 27.7 Å². The van der Waals surface area contributed by atoms with Crippen molar-refractivity contribution in [3.05, 3.63) is 0 Å². The molecule has 1 fully saturated rings. The van der Waals surface area contributed by atoms with Gasteiger partial charge in [-0.3, -0.25) is 0 Å². The maximum atomic E-state index is 11.9. The molecule has 1 saturated carbocycles. The predicted molar refractivity (Wildman–Crippen MR) is 69.3 cm³/mol. The van der Waals surface area contributed by atoms with E-state index in [1.165, 1.54) is 0 Å². The van der Waals surface area contributed by atoms with E-state index in [1.807, 2.05) is 0 Å². The van der Waals surface area contributed by atoms with E-state index >= 15 is 0 Å². The molecule has 1 aliphatic rings. The monoisotopic (exact) mass is 256 g/mol. The molecular formula is C13H24N2O3. The van der Waals surface area contributed by atoms with Gasteiger partial charge in [0, 0.05) is 13.6 Å². The van der Waals surface area contributed by atoms with E-state index in [0.29, 0.717) is 18.4 Å². The summed E-state index contributed by atoms with van der Waals surface area (Å²) in [6, 6.07) is -1.18. The highest BCUT2D eigenvalue weighted by Gasteiger charge is 2.36. The first-order valence-electron chi connectivity index (χ1n) is 6.37. The third kappa shape index (κ3) is 3.89. The van der Waals surface area contributed by atoms with Gasteiger partial charge in [0.2, 0.25) is 0 Å². The summed E-state index contributed by atoms with van der Waals surface area (Å²) in [4.78, 5) is 24.7. The minimum absolute atomic E-state index is 0.309. The number of aliphatic carboxylic acids is 1. The number of hydrogen-bond acceptors (Lipinski definition) is 2. The third-order valence-corrected chi connectivity index (χ3v) is 3.51. The maximum absolute atomic E-state index is 11.9. The van der Waals surface area contributed by atoms with E-state index in [-0.39, 0.29) is 6.03 Å². The van der Waals surface area contributed by atoms with Crippen LogP contribution in [0.1, 0.15) is 34.1 Å². The topological polar surface area (TPSA) is 69.6 Å². The van der Waals surface area contributed by atoms with E-state index in [0.717, 1.165) is 6.42 Å². The lowest BCUT2D eigenvalue weighted by atomic mass is 9.87. The van der Waals surface area contributed by atoms with Gasteiger partial charge >= 0.3 is 12.0 Å². The lowest BCUT2D eigenvalue weighted by molar-refractivity contribution is -0.142. The van der Waals surface area contributed by atoms with Crippen molar-refractivity contribution in [1.82, 2.24) is 10.2 Å². The van der Waals surface area contributed by atoms with Crippen molar-refractivity contribution >= 4 is 12.0 Å². The molecule has 18 heavy (non-hydrogen) atoms. The first-order valence-corrected chi connectivity index (χ1v) is 6.37. The lowest BCUT2D eigenvalue weighted by Crippen LogP contribution is -2.52. The summed E-state index contributed by atoms with van der Waals surface area (Å²) in [5, 5.41) is 11.7. The van der Waals surface area contributed by atoms with Crippen LogP contribution < -0.4 is 5.32 Å². The number of carbonyl (C=O) groups is 2. The molecule has 2 unspecified atom stereocenters. The Morgan fingerprint density at radius 2 is 1.94 bits per heavy atom. The Morgan fingerprint density at radius 3 is 2.28 bits per heavy atom. The Morgan fingerprint density at radius 1 is 1.44 bits per heavy atom. The Bertz CT molecular complexity index is 336. The predicted octanol–water partition coefficient (Wildman–Crippen LogP) is 1.78.